The van der Waals surface area contributed by atoms with Crippen LogP contribution in [-0.4, -0.2) is 15.1 Å². The number of hydrogen-bond donors (Lipinski definition) is 2. The predicted molar refractivity (Wildman–Crippen MR) is 67.2 cm³/mol. The van der Waals surface area contributed by atoms with Gasteiger partial charge in [0.05, 0.1) is 24.0 Å². The molecular formula is C12H9BrN2O. The van der Waals surface area contributed by atoms with Crippen LogP contribution in [0, 0.1) is 0 Å². The van der Waals surface area contributed by atoms with E-state index >= 15 is 0 Å². The Morgan fingerprint density at radius 3 is 2.88 bits per heavy atom. The van der Waals surface area contributed by atoms with E-state index in [2.05, 4.69) is 32.0 Å². The van der Waals surface area contributed by atoms with Crippen molar-refractivity contribution in [3.8, 4) is 0 Å². The predicted octanol–water partition coefficient (Wildman–Crippen LogP) is 2.97. The first-order valence-electron chi connectivity index (χ1n) is 4.94. The van der Waals surface area contributed by atoms with Gasteiger partial charge in [0.1, 0.15) is 0 Å². The molecule has 3 nitrogen and oxygen atoms in total. The van der Waals surface area contributed by atoms with Crippen molar-refractivity contribution in [1.29, 1.82) is 0 Å². The number of pyridine rings is 1. The number of rotatable bonds is 1. The number of aromatic nitrogens is 2. The van der Waals surface area contributed by atoms with Gasteiger partial charge in [-0.15, -0.1) is 0 Å². The molecule has 2 aromatic heterocycles. The van der Waals surface area contributed by atoms with Crippen LogP contribution in [0.1, 0.15) is 5.69 Å². The number of nitrogens with one attached hydrogen (secondary N) is 1. The summed E-state index contributed by atoms with van der Waals surface area (Å²) in [5.41, 5.74) is 2.75. The smallest absolute Gasteiger partial charge is 0.0853 e. The van der Waals surface area contributed by atoms with Gasteiger partial charge in [0.25, 0.3) is 0 Å². The fourth-order valence-electron chi connectivity index (χ4n) is 1.91. The van der Waals surface area contributed by atoms with Gasteiger partial charge < -0.3 is 10.1 Å². The minimum atomic E-state index is -0.0286. The summed E-state index contributed by atoms with van der Waals surface area (Å²) >= 11 is 3.44. The quantitative estimate of drug-likeness (QED) is 0.718. The normalized spacial score (nSPS) is 11.4. The van der Waals surface area contributed by atoms with Gasteiger partial charge in [-0.1, -0.05) is 22.0 Å². The van der Waals surface area contributed by atoms with Crippen LogP contribution in [-0.2, 0) is 6.61 Å². The molecule has 4 heteroatoms. The van der Waals surface area contributed by atoms with Crippen LogP contribution in [0.15, 0.2) is 34.9 Å². The molecule has 0 radical (unpaired) electrons. The van der Waals surface area contributed by atoms with Gasteiger partial charge in [0.2, 0.25) is 0 Å². The highest BCUT2D eigenvalue weighted by molar-refractivity contribution is 9.10. The molecule has 0 saturated carbocycles. The average Bonchev–Trinajstić information content (AvgIpc) is 2.65. The van der Waals surface area contributed by atoms with E-state index in [1.54, 1.807) is 6.20 Å². The number of hydrogen-bond acceptors (Lipinski definition) is 2. The number of nitrogens with zero attached hydrogens (tertiary/aromatic N) is 1. The third-order valence-electron chi connectivity index (χ3n) is 2.66. The minimum Gasteiger partial charge on any atom is -0.390 e. The molecule has 0 spiro atoms. The third kappa shape index (κ3) is 1.42. The fourth-order valence-corrected chi connectivity index (χ4v) is 2.27. The third-order valence-corrected chi connectivity index (χ3v) is 3.16. The molecule has 0 aliphatic carbocycles. The second kappa shape index (κ2) is 3.57. The SMILES string of the molecule is OCc1cc2c(cn1)[nH]c1cc(Br)ccc12. The maximum atomic E-state index is 9.07. The lowest BCUT2D eigenvalue weighted by Gasteiger charge is -1.95. The van der Waals surface area contributed by atoms with Crippen LogP contribution in [0.3, 0.4) is 0 Å². The van der Waals surface area contributed by atoms with Crippen molar-refractivity contribution < 1.29 is 5.11 Å². The number of benzene rings is 1. The van der Waals surface area contributed by atoms with Crippen LogP contribution in [0.4, 0.5) is 0 Å². The Morgan fingerprint density at radius 1 is 1.19 bits per heavy atom. The van der Waals surface area contributed by atoms with Crippen molar-refractivity contribution in [2.75, 3.05) is 0 Å². The van der Waals surface area contributed by atoms with Gasteiger partial charge in [-0.3, -0.25) is 4.98 Å². The molecule has 0 aliphatic heterocycles. The van der Waals surface area contributed by atoms with Crippen LogP contribution in [0.5, 0.6) is 0 Å². The second-order valence-electron chi connectivity index (χ2n) is 3.69. The summed E-state index contributed by atoms with van der Waals surface area (Å²) in [4.78, 5) is 7.45. The van der Waals surface area contributed by atoms with Crippen LogP contribution >= 0.6 is 15.9 Å². The first-order chi connectivity index (χ1) is 7.78. The van der Waals surface area contributed by atoms with Crippen molar-refractivity contribution in [3.05, 3.63) is 40.6 Å². The van der Waals surface area contributed by atoms with E-state index in [1.807, 2.05) is 18.2 Å². The van der Waals surface area contributed by atoms with Crippen LogP contribution < -0.4 is 0 Å². The summed E-state index contributed by atoms with van der Waals surface area (Å²) in [6, 6.07) is 8.02. The highest BCUT2D eigenvalue weighted by Crippen LogP contribution is 2.27. The summed E-state index contributed by atoms with van der Waals surface area (Å²) in [5, 5.41) is 11.3. The van der Waals surface area contributed by atoms with Gasteiger partial charge in [-0.05, 0) is 18.2 Å². The molecule has 0 unspecified atom stereocenters. The molecule has 16 heavy (non-hydrogen) atoms. The zero-order valence-electron chi connectivity index (χ0n) is 8.37. The molecule has 0 aliphatic rings. The van der Waals surface area contributed by atoms with Gasteiger partial charge in [-0.2, -0.15) is 0 Å². The van der Waals surface area contributed by atoms with Crippen molar-refractivity contribution in [2.24, 2.45) is 0 Å². The first kappa shape index (κ1) is 9.81. The van der Waals surface area contributed by atoms with E-state index in [4.69, 9.17) is 5.11 Å². The Kier molecular flexibility index (Phi) is 2.19. The van der Waals surface area contributed by atoms with E-state index in [9.17, 15) is 0 Å². The standard InChI is InChI=1S/C12H9BrN2O/c13-7-1-2-9-10-4-8(6-16)14-5-12(10)15-11(9)3-7/h1-5,15-16H,6H2. The lowest BCUT2D eigenvalue weighted by atomic mass is 10.2. The Morgan fingerprint density at radius 2 is 2.06 bits per heavy atom. The minimum absolute atomic E-state index is 0.0286. The average molecular weight is 277 g/mol. The van der Waals surface area contributed by atoms with Gasteiger partial charge >= 0.3 is 0 Å². The van der Waals surface area contributed by atoms with Gasteiger partial charge in [0, 0.05) is 20.8 Å². The molecule has 3 rings (SSSR count). The second-order valence-corrected chi connectivity index (χ2v) is 4.61. The summed E-state index contributed by atoms with van der Waals surface area (Å²) in [6.07, 6.45) is 1.76. The fraction of sp³-hybridized carbons (Fsp3) is 0.0833. The van der Waals surface area contributed by atoms with Crippen LogP contribution in [0.25, 0.3) is 21.8 Å². The molecule has 80 valence electrons. The van der Waals surface area contributed by atoms with Crippen molar-refractivity contribution in [2.45, 2.75) is 6.61 Å². The highest BCUT2D eigenvalue weighted by atomic mass is 79.9. The largest absolute Gasteiger partial charge is 0.390 e. The Balaban J connectivity index is 2.42. The first-order valence-corrected chi connectivity index (χ1v) is 5.74. The Labute approximate surface area is 100 Å². The number of fused-ring (bicyclic) bond motifs is 3. The number of aromatic amines is 1. The van der Waals surface area contributed by atoms with Crippen molar-refractivity contribution in [1.82, 2.24) is 9.97 Å². The zero-order chi connectivity index (χ0) is 11.1. The van der Waals surface area contributed by atoms with E-state index in [-0.39, 0.29) is 6.61 Å². The highest BCUT2D eigenvalue weighted by Gasteiger charge is 2.05. The Bertz CT molecular complexity index is 675. The van der Waals surface area contributed by atoms with E-state index in [1.165, 1.54) is 0 Å². The van der Waals surface area contributed by atoms with Gasteiger partial charge in [-0.25, -0.2) is 0 Å². The molecule has 0 bridgehead atoms. The monoisotopic (exact) mass is 276 g/mol. The van der Waals surface area contributed by atoms with E-state index in [0.717, 1.165) is 26.3 Å². The molecule has 2 heterocycles. The number of aliphatic hydroxyl groups is 1. The number of halogens is 1. The van der Waals surface area contributed by atoms with Crippen molar-refractivity contribution >= 4 is 37.7 Å². The lowest BCUT2D eigenvalue weighted by Crippen LogP contribution is -1.86. The Hall–Kier alpha value is -1.39. The van der Waals surface area contributed by atoms with E-state index < -0.39 is 0 Å². The maximum absolute atomic E-state index is 9.07. The lowest BCUT2D eigenvalue weighted by molar-refractivity contribution is 0.277. The molecule has 0 amide bonds. The molecule has 2 N–H and O–H groups in total. The topological polar surface area (TPSA) is 48.9 Å². The van der Waals surface area contributed by atoms with Gasteiger partial charge in [0.15, 0.2) is 0 Å². The van der Waals surface area contributed by atoms with E-state index in [0.29, 0.717) is 5.69 Å². The molecule has 0 saturated heterocycles. The van der Waals surface area contributed by atoms with Crippen LogP contribution in [0.2, 0.25) is 0 Å². The number of aliphatic hydroxyl groups excluding tert-OH is 1. The molecule has 0 atom stereocenters. The summed E-state index contributed by atoms with van der Waals surface area (Å²) < 4.78 is 1.04. The zero-order valence-corrected chi connectivity index (χ0v) is 9.95. The summed E-state index contributed by atoms with van der Waals surface area (Å²) in [5.74, 6) is 0. The molecular weight excluding hydrogens is 268 g/mol. The maximum Gasteiger partial charge on any atom is 0.0853 e. The van der Waals surface area contributed by atoms with Crippen molar-refractivity contribution in [3.63, 3.8) is 0 Å². The molecule has 0 fully saturated rings. The number of H-pyrrole nitrogens is 1. The molecule has 3 aromatic rings. The molecule has 1 aromatic carbocycles. The summed E-state index contributed by atoms with van der Waals surface area (Å²) in [7, 11) is 0. The summed E-state index contributed by atoms with van der Waals surface area (Å²) in [6.45, 7) is -0.0286.